The molecule has 1 atom stereocenters. The minimum atomic E-state index is -5.79. The molecule has 0 radical (unpaired) electrons. The molecule has 5 nitrogen and oxygen atoms in total. The molecular formula is C16H16F6N2O3S. The van der Waals surface area contributed by atoms with E-state index in [-0.39, 0.29) is 15.4 Å². The lowest BCUT2D eigenvalue weighted by Gasteiger charge is -2.65. The maximum Gasteiger partial charge on any atom is 0.511 e. The molecule has 156 valence electrons. The number of hydrogen-bond donors (Lipinski definition) is 2. The molecular weight excluding hydrogens is 414 g/mol. The number of aromatic hydroxyl groups is 1. The Morgan fingerprint density at radius 2 is 1.71 bits per heavy atom. The molecule has 2 bridgehead atoms. The van der Waals surface area contributed by atoms with Gasteiger partial charge in [0.1, 0.15) is 5.75 Å². The second-order valence-corrected chi connectivity index (χ2v) is 9.70. The molecule has 12 heteroatoms. The van der Waals surface area contributed by atoms with Gasteiger partial charge in [-0.15, -0.1) is 0 Å². The predicted octanol–water partition coefficient (Wildman–Crippen LogP) is 3.66. The molecule has 3 fully saturated rings. The molecule has 0 amide bonds. The van der Waals surface area contributed by atoms with Crippen LogP contribution in [0.15, 0.2) is 12.1 Å². The molecule has 2 N–H and O–H groups in total. The first-order valence-corrected chi connectivity index (χ1v) is 9.94. The van der Waals surface area contributed by atoms with Crippen molar-refractivity contribution in [2.24, 2.45) is 11.3 Å². The molecule has 28 heavy (non-hydrogen) atoms. The van der Waals surface area contributed by atoms with Gasteiger partial charge in [-0.25, -0.2) is 8.42 Å². The molecule has 4 aliphatic rings. The lowest BCUT2D eigenvalue weighted by Crippen LogP contribution is -2.63. The maximum atomic E-state index is 13.1. The molecule has 0 aromatic heterocycles. The highest BCUT2D eigenvalue weighted by Gasteiger charge is 2.62. The predicted molar refractivity (Wildman–Crippen MR) is 85.7 cm³/mol. The molecule has 3 aliphatic carbocycles. The molecule has 1 heterocycles. The number of nitrogens with one attached hydrogen (secondary N) is 1. The van der Waals surface area contributed by atoms with Crippen LogP contribution < -0.4 is 5.32 Å². The van der Waals surface area contributed by atoms with E-state index in [9.17, 15) is 39.9 Å². The monoisotopic (exact) mass is 430 g/mol. The van der Waals surface area contributed by atoms with Gasteiger partial charge in [0, 0.05) is 30.4 Å². The number of nitrogens with zero attached hydrogens (tertiary/aromatic N) is 1. The fourth-order valence-electron chi connectivity index (χ4n) is 4.49. The van der Waals surface area contributed by atoms with Gasteiger partial charge in [-0.1, -0.05) is 0 Å². The van der Waals surface area contributed by atoms with E-state index < -0.39 is 57.7 Å². The van der Waals surface area contributed by atoms with Crippen molar-refractivity contribution in [3.05, 3.63) is 23.3 Å². The summed E-state index contributed by atoms with van der Waals surface area (Å²) in [5.41, 5.74) is -7.90. The average Bonchev–Trinajstić information content (AvgIpc) is 2.62. The summed E-state index contributed by atoms with van der Waals surface area (Å²) in [6.45, 7) is -1.54. The highest BCUT2D eigenvalue weighted by Crippen LogP contribution is 2.67. The van der Waals surface area contributed by atoms with Crippen LogP contribution in [-0.2, 0) is 22.7 Å². The highest BCUT2D eigenvalue weighted by molar-refractivity contribution is 7.89. The number of hydrogen-bond acceptors (Lipinski definition) is 4. The Morgan fingerprint density at radius 3 is 2.18 bits per heavy atom. The second-order valence-electron chi connectivity index (χ2n) is 7.77. The first kappa shape index (κ1) is 19.6. The van der Waals surface area contributed by atoms with Gasteiger partial charge in [0.2, 0.25) is 0 Å². The molecule has 3 saturated carbocycles. The van der Waals surface area contributed by atoms with E-state index in [1.807, 2.05) is 0 Å². The maximum absolute atomic E-state index is 13.1. The minimum absolute atomic E-state index is 0.0140. The van der Waals surface area contributed by atoms with E-state index >= 15 is 0 Å². The van der Waals surface area contributed by atoms with Crippen LogP contribution in [-0.4, -0.2) is 35.9 Å². The van der Waals surface area contributed by atoms with Crippen molar-refractivity contribution in [3.63, 3.8) is 0 Å². The van der Waals surface area contributed by atoms with Gasteiger partial charge >= 0.3 is 21.7 Å². The molecule has 1 unspecified atom stereocenters. The number of benzene rings is 1. The molecule has 0 spiro atoms. The van der Waals surface area contributed by atoms with Gasteiger partial charge in [0.05, 0.1) is 5.56 Å². The van der Waals surface area contributed by atoms with Crippen LogP contribution in [0.4, 0.5) is 32.0 Å². The van der Waals surface area contributed by atoms with Gasteiger partial charge in [-0.05, 0) is 42.7 Å². The lowest BCUT2D eigenvalue weighted by molar-refractivity contribution is -0.138. The Balaban J connectivity index is 1.81. The average molecular weight is 430 g/mol. The van der Waals surface area contributed by atoms with Crippen molar-refractivity contribution in [2.75, 3.05) is 11.9 Å². The lowest BCUT2D eigenvalue weighted by atomic mass is 9.42. The van der Waals surface area contributed by atoms with Gasteiger partial charge in [0.15, 0.2) is 0 Å². The summed E-state index contributed by atoms with van der Waals surface area (Å²) < 4.78 is 103. The molecule has 0 saturated heterocycles. The Bertz CT molecular complexity index is 911. The largest absolute Gasteiger partial charge is 0.511 e. The van der Waals surface area contributed by atoms with Crippen LogP contribution in [0.25, 0.3) is 0 Å². The molecule has 1 aromatic carbocycles. The van der Waals surface area contributed by atoms with E-state index in [4.69, 9.17) is 0 Å². The van der Waals surface area contributed by atoms with Gasteiger partial charge in [-0.3, -0.25) is 0 Å². The van der Waals surface area contributed by atoms with Crippen LogP contribution in [0.3, 0.4) is 0 Å². The number of alkyl halides is 6. The van der Waals surface area contributed by atoms with Gasteiger partial charge in [0.25, 0.3) is 0 Å². The van der Waals surface area contributed by atoms with Crippen LogP contribution in [0, 0.1) is 11.3 Å². The third kappa shape index (κ3) is 2.75. The van der Waals surface area contributed by atoms with Crippen molar-refractivity contribution in [1.82, 2.24) is 4.31 Å². The summed E-state index contributed by atoms with van der Waals surface area (Å²) in [6, 6.07) is 0.973. The Labute approximate surface area is 156 Å². The molecule has 1 aliphatic heterocycles. The fraction of sp³-hybridized carbons (Fsp3) is 0.625. The van der Waals surface area contributed by atoms with E-state index in [0.29, 0.717) is 12.0 Å². The first-order valence-electron chi connectivity index (χ1n) is 8.50. The highest BCUT2D eigenvalue weighted by atomic mass is 32.2. The summed E-state index contributed by atoms with van der Waals surface area (Å²) in [5, 5.41) is 13.0. The number of phenolic OH excluding ortho intramolecular Hbond substituents is 1. The van der Waals surface area contributed by atoms with Crippen LogP contribution in [0.5, 0.6) is 5.75 Å². The molecule has 5 rings (SSSR count). The zero-order valence-corrected chi connectivity index (χ0v) is 15.0. The minimum Gasteiger partial charge on any atom is -0.507 e. The number of halogens is 6. The summed E-state index contributed by atoms with van der Waals surface area (Å²) in [7, 11) is -5.79. The van der Waals surface area contributed by atoms with Crippen molar-refractivity contribution < 1.29 is 39.9 Å². The van der Waals surface area contributed by atoms with Crippen molar-refractivity contribution in [2.45, 2.75) is 43.5 Å². The number of sulfonamides is 1. The summed E-state index contributed by atoms with van der Waals surface area (Å²) >= 11 is 0. The Kier molecular flexibility index (Phi) is 3.98. The topological polar surface area (TPSA) is 69.6 Å². The molecule has 1 aromatic rings. The van der Waals surface area contributed by atoms with E-state index in [1.165, 1.54) is 0 Å². The summed E-state index contributed by atoms with van der Waals surface area (Å²) in [5.74, 6) is -0.809. The van der Waals surface area contributed by atoms with Crippen LogP contribution >= 0.6 is 0 Å². The zero-order valence-electron chi connectivity index (χ0n) is 14.2. The third-order valence-electron chi connectivity index (χ3n) is 6.10. The number of fused-ring (bicyclic) bond motifs is 1. The normalized spacial score (nSPS) is 30.5. The number of anilines is 1. The Morgan fingerprint density at radius 1 is 1.11 bits per heavy atom. The van der Waals surface area contributed by atoms with Crippen molar-refractivity contribution >= 4 is 15.7 Å². The van der Waals surface area contributed by atoms with Crippen molar-refractivity contribution in [1.29, 1.82) is 0 Å². The standard InChI is InChI=1S/C16H16F6N2O3S/c17-15(18,19)10-1-2-11-9(13(10)25)6-24(28(26,27)16(20,21)22)7-12(23-11)14-3-8(4-14)5-14/h1-2,8,12,23,25H,3-7H2. The quantitative estimate of drug-likeness (QED) is 0.703. The first-order chi connectivity index (χ1) is 12.7. The van der Waals surface area contributed by atoms with E-state index in [0.717, 1.165) is 25.3 Å². The number of rotatable bonds is 2. The smallest absolute Gasteiger partial charge is 0.507 e. The van der Waals surface area contributed by atoms with E-state index in [2.05, 4.69) is 5.32 Å². The number of phenols is 1. The van der Waals surface area contributed by atoms with E-state index in [1.54, 1.807) is 0 Å². The van der Waals surface area contributed by atoms with Crippen molar-refractivity contribution in [3.8, 4) is 5.75 Å². The SMILES string of the molecule is O=S(=O)(N1Cc2c(ccc(C(F)(F)F)c2O)NC(C23CC(C2)C3)C1)C(F)(F)F. The Hall–Kier alpha value is -1.69. The van der Waals surface area contributed by atoms with Gasteiger partial charge in [-0.2, -0.15) is 30.6 Å². The van der Waals surface area contributed by atoms with Crippen LogP contribution in [0.1, 0.15) is 30.4 Å². The zero-order chi connectivity index (χ0) is 20.7. The summed E-state index contributed by atoms with van der Waals surface area (Å²) in [4.78, 5) is 0. The van der Waals surface area contributed by atoms with Crippen LogP contribution in [0.2, 0.25) is 0 Å². The third-order valence-corrected chi connectivity index (χ3v) is 7.64. The van der Waals surface area contributed by atoms with Gasteiger partial charge < -0.3 is 10.4 Å². The summed E-state index contributed by atoms with van der Waals surface area (Å²) in [6.07, 6.45) is -2.75. The second kappa shape index (κ2) is 5.68. The fourth-order valence-corrected chi connectivity index (χ4v) is 5.42.